The molecule has 0 aliphatic rings. The maximum absolute atomic E-state index is 10.7. The maximum Gasteiger partial charge on any atom is 0.303 e. The molecule has 0 bridgehead atoms. The van der Waals surface area contributed by atoms with Crippen LogP contribution in [0.3, 0.4) is 0 Å². The van der Waals surface area contributed by atoms with Crippen molar-refractivity contribution >= 4 is 63.8 Å². The third kappa shape index (κ3) is 4.90. The van der Waals surface area contributed by atoms with E-state index in [4.69, 9.17) is 9.84 Å². The van der Waals surface area contributed by atoms with Crippen molar-refractivity contribution in [1.29, 1.82) is 0 Å². The number of rotatable bonds is 5. The normalized spacial score (nSPS) is 10.6. The Hall–Kier alpha value is -0.680. The first-order valence-electron chi connectivity index (χ1n) is 6.68. The number of carbonyl (C=O) groups is 1. The Labute approximate surface area is 166 Å². The van der Waals surface area contributed by atoms with E-state index in [9.17, 15) is 9.90 Å². The fraction of sp³-hybridized carbons (Fsp3) is 0.188. The SMILES string of the molecule is Cc1cc(CCC(=O)O)cc(I)c1Oc1cc(S)c(O)c(I)c1. The van der Waals surface area contributed by atoms with Crippen molar-refractivity contribution in [3.8, 4) is 17.2 Å². The van der Waals surface area contributed by atoms with Gasteiger partial charge in [0.15, 0.2) is 0 Å². The van der Waals surface area contributed by atoms with Crippen LogP contribution in [0.2, 0.25) is 0 Å². The summed E-state index contributed by atoms with van der Waals surface area (Å²) in [6.07, 6.45) is 0.596. The molecule has 0 spiro atoms. The summed E-state index contributed by atoms with van der Waals surface area (Å²) in [5.41, 5.74) is 1.90. The number of benzene rings is 2. The molecule has 0 saturated carbocycles. The predicted molar refractivity (Wildman–Crippen MR) is 108 cm³/mol. The molecule has 0 atom stereocenters. The molecule has 0 heterocycles. The fourth-order valence-corrected chi connectivity index (χ4v) is 4.06. The van der Waals surface area contributed by atoms with Crippen LogP contribution in [0.4, 0.5) is 0 Å². The van der Waals surface area contributed by atoms with Crippen LogP contribution in [-0.2, 0) is 11.2 Å². The van der Waals surface area contributed by atoms with E-state index < -0.39 is 5.97 Å². The second-order valence-electron chi connectivity index (χ2n) is 4.99. The van der Waals surface area contributed by atoms with Crippen molar-refractivity contribution in [3.05, 3.63) is 42.5 Å². The molecular formula is C16H14I2O4S. The summed E-state index contributed by atoms with van der Waals surface area (Å²) in [5.74, 6) is 0.644. The summed E-state index contributed by atoms with van der Waals surface area (Å²) in [6.45, 7) is 1.93. The quantitative estimate of drug-likeness (QED) is 0.358. The molecule has 0 radical (unpaired) electrons. The third-order valence-electron chi connectivity index (χ3n) is 3.15. The Balaban J connectivity index is 2.28. The Morgan fingerprint density at radius 3 is 2.48 bits per heavy atom. The number of phenols is 1. The molecular weight excluding hydrogens is 542 g/mol. The van der Waals surface area contributed by atoms with Crippen molar-refractivity contribution in [2.24, 2.45) is 0 Å². The summed E-state index contributed by atoms with van der Waals surface area (Å²) in [7, 11) is 0. The number of hydrogen-bond donors (Lipinski definition) is 3. The molecule has 2 aromatic carbocycles. The number of phenolic OH excluding ortho intramolecular Hbond substituents is 1. The second-order valence-corrected chi connectivity index (χ2v) is 7.80. The molecule has 0 fully saturated rings. The highest BCUT2D eigenvalue weighted by atomic mass is 127. The number of aromatic hydroxyl groups is 1. The van der Waals surface area contributed by atoms with E-state index >= 15 is 0 Å². The highest BCUT2D eigenvalue weighted by Crippen LogP contribution is 2.36. The Kier molecular flexibility index (Phi) is 6.43. The molecule has 7 heteroatoms. The summed E-state index contributed by atoms with van der Waals surface area (Å²) in [4.78, 5) is 11.1. The molecule has 2 aromatic rings. The minimum absolute atomic E-state index is 0.106. The molecule has 0 unspecified atom stereocenters. The lowest BCUT2D eigenvalue weighted by atomic mass is 10.1. The number of ether oxygens (including phenoxy) is 1. The first-order valence-corrected chi connectivity index (χ1v) is 9.28. The minimum atomic E-state index is -0.807. The van der Waals surface area contributed by atoms with Gasteiger partial charge in [0.2, 0.25) is 0 Å². The molecule has 0 amide bonds. The number of halogens is 2. The fourth-order valence-electron chi connectivity index (χ4n) is 2.06. The van der Waals surface area contributed by atoms with Gasteiger partial charge in [-0.15, -0.1) is 12.6 Å². The number of carboxylic acids is 1. The smallest absolute Gasteiger partial charge is 0.303 e. The Morgan fingerprint density at radius 1 is 1.22 bits per heavy atom. The summed E-state index contributed by atoms with van der Waals surface area (Å²) >= 11 is 8.42. The van der Waals surface area contributed by atoms with Gasteiger partial charge in [-0.05, 0) is 87.9 Å². The van der Waals surface area contributed by atoms with Crippen LogP contribution in [0.25, 0.3) is 0 Å². The lowest BCUT2D eigenvalue weighted by molar-refractivity contribution is -0.136. The number of hydrogen-bond acceptors (Lipinski definition) is 4. The third-order valence-corrected chi connectivity index (χ3v) is 5.12. The highest BCUT2D eigenvalue weighted by Gasteiger charge is 2.12. The Morgan fingerprint density at radius 2 is 1.91 bits per heavy atom. The van der Waals surface area contributed by atoms with E-state index in [1.807, 2.05) is 41.6 Å². The van der Waals surface area contributed by atoms with Crippen LogP contribution in [0.15, 0.2) is 29.2 Å². The van der Waals surface area contributed by atoms with E-state index in [0.29, 0.717) is 20.6 Å². The van der Waals surface area contributed by atoms with Crippen LogP contribution < -0.4 is 4.74 Å². The van der Waals surface area contributed by atoms with Crippen molar-refractivity contribution in [1.82, 2.24) is 0 Å². The summed E-state index contributed by atoms with van der Waals surface area (Å²) in [5, 5.41) is 18.5. The van der Waals surface area contributed by atoms with Gasteiger partial charge in [0.25, 0.3) is 0 Å². The van der Waals surface area contributed by atoms with E-state index in [1.54, 1.807) is 12.1 Å². The zero-order valence-corrected chi connectivity index (χ0v) is 17.3. The van der Waals surface area contributed by atoms with E-state index in [2.05, 4.69) is 35.2 Å². The van der Waals surface area contributed by atoms with Gasteiger partial charge in [0, 0.05) is 6.42 Å². The van der Waals surface area contributed by atoms with Crippen LogP contribution in [0.5, 0.6) is 17.2 Å². The van der Waals surface area contributed by atoms with Crippen molar-refractivity contribution in [2.75, 3.05) is 0 Å². The van der Waals surface area contributed by atoms with Crippen LogP contribution in [0.1, 0.15) is 17.5 Å². The lowest BCUT2D eigenvalue weighted by Gasteiger charge is -2.14. The molecule has 122 valence electrons. The highest BCUT2D eigenvalue weighted by molar-refractivity contribution is 14.1. The molecule has 4 nitrogen and oxygen atoms in total. The molecule has 2 rings (SSSR count). The van der Waals surface area contributed by atoms with Gasteiger partial charge in [0.1, 0.15) is 17.2 Å². The molecule has 0 aliphatic carbocycles. The van der Waals surface area contributed by atoms with Gasteiger partial charge >= 0.3 is 5.97 Å². The largest absolute Gasteiger partial charge is 0.506 e. The molecule has 0 aromatic heterocycles. The molecule has 0 saturated heterocycles. The number of aryl methyl sites for hydroxylation is 2. The number of carboxylic acid groups (broad SMARTS) is 1. The van der Waals surface area contributed by atoms with Crippen molar-refractivity contribution in [2.45, 2.75) is 24.7 Å². The van der Waals surface area contributed by atoms with Crippen molar-refractivity contribution in [3.63, 3.8) is 0 Å². The van der Waals surface area contributed by atoms with E-state index in [1.165, 1.54) is 0 Å². The van der Waals surface area contributed by atoms with Gasteiger partial charge in [-0.2, -0.15) is 0 Å². The summed E-state index contributed by atoms with van der Waals surface area (Å²) < 4.78 is 7.52. The van der Waals surface area contributed by atoms with Crippen molar-refractivity contribution < 1.29 is 19.7 Å². The average Bonchev–Trinajstić information content (AvgIpc) is 2.46. The molecule has 23 heavy (non-hydrogen) atoms. The number of aliphatic carboxylic acids is 1. The topological polar surface area (TPSA) is 66.8 Å². The maximum atomic E-state index is 10.7. The lowest BCUT2D eigenvalue weighted by Crippen LogP contribution is -1.99. The molecule has 0 aliphatic heterocycles. The van der Waals surface area contributed by atoms with E-state index in [0.717, 1.165) is 20.4 Å². The standard InChI is InChI=1S/C16H14I2O4S/c1-8-4-9(2-3-14(19)20)5-12(18)16(8)22-10-6-11(17)15(21)13(23)7-10/h4-7,21,23H,2-3H2,1H3,(H,19,20). The van der Waals surface area contributed by atoms with Crippen LogP contribution >= 0.6 is 57.8 Å². The average molecular weight is 556 g/mol. The van der Waals surface area contributed by atoms with Gasteiger partial charge in [-0.1, -0.05) is 6.07 Å². The second kappa shape index (κ2) is 7.93. The van der Waals surface area contributed by atoms with Gasteiger partial charge in [-0.25, -0.2) is 0 Å². The monoisotopic (exact) mass is 556 g/mol. The Bertz CT molecular complexity index is 716. The zero-order chi connectivity index (χ0) is 17.1. The van der Waals surface area contributed by atoms with E-state index in [-0.39, 0.29) is 12.2 Å². The zero-order valence-electron chi connectivity index (χ0n) is 12.1. The van der Waals surface area contributed by atoms with Gasteiger partial charge in [0.05, 0.1) is 12.0 Å². The number of thiol groups is 1. The van der Waals surface area contributed by atoms with Crippen LogP contribution in [0, 0.1) is 14.1 Å². The first-order chi connectivity index (χ1) is 10.8. The van der Waals surface area contributed by atoms with Crippen LogP contribution in [-0.4, -0.2) is 16.2 Å². The first kappa shape index (κ1) is 18.7. The minimum Gasteiger partial charge on any atom is -0.506 e. The van der Waals surface area contributed by atoms with Gasteiger partial charge < -0.3 is 14.9 Å². The molecule has 2 N–H and O–H groups in total. The predicted octanol–water partition coefficient (Wildman–Crippen LogP) is 5.01. The summed E-state index contributed by atoms with van der Waals surface area (Å²) in [6, 6.07) is 7.27. The van der Waals surface area contributed by atoms with Gasteiger partial charge in [-0.3, -0.25) is 4.79 Å².